The van der Waals surface area contributed by atoms with Crippen molar-refractivity contribution in [1.82, 2.24) is 15.5 Å². The fourth-order valence-electron chi connectivity index (χ4n) is 3.38. The average Bonchev–Trinajstić information content (AvgIpc) is 2.66. The predicted molar refractivity (Wildman–Crippen MR) is 105 cm³/mol. The molecule has 0 unspecified atom stereocenters. The summed E-state index contributed by atoms with van der Waals surface area (Å²) in [6.07, 6.45) is 4.51. The van der Waals surface area contributed by atoms with Gasteiger partial charge in [0.25, 0.3) is 0 Å². The Hall–Kier alpha value is -1.59. The number of benzene rings is 1. The van der Waals surface area contributed by atoms with Crippen LogP contribution >= 0.6 is 0 Å². The Kier molecular flexibility index (Phi) is 8.77. The van der Waals surface area contributed by atoms with E-state index in [1.165, 1.54) is 24.0 Å². The first-order valence-electron chi connectivity index (χ1n) is 9.52. The van der Waals surface area contributed by atoms with Gasteiger partial charge in [0, 0.05) is 53.0 Å². The van der Waals surface area contributed by atoms with E-state index in [1.54, 1.807) is 7.11 Å². The third-order valence-electron chi connectivity index (χ3n) is 4.92. The standard InChI is InChI=1S/C20H34N4O/c1-4-17-8-5-6-9-18(17)16-22-20(21-2)23-19-10-13-24(14-11-19)12-7-15-25-3/h5-6,8-9,19H,4,7,10-16H2,1-3H3,(H2,21,22,23). The Labute approximate surface area is 152 Å². The van der Waals surface area contributed by atoms with Crippen LogP contribution in [0.2, 0.25) is 0 Å². The molecule has 0 aromatic heterocycles. The first-order chi connectivity index (χ1) is 12.3. The molecule has 1 aromatic rings. The molecule has 0 amide bonds. The minimum Gasteiger partial charge on any atom is -0.385 e. The highest BCUT2D eigenvalue weighted by molar-refractivity contribution is 5.80. The summed E-state index contributed by atoms with van der Waals surface area (Å²) in [5.74, 6) is 0.906. The molecule has 1 saturated heterocycles. The number of piperidine rings is 1. The number of nitrogens with zero attached hydrogens (tertiary/aromatic N) is 2. The SMILES string of the molecule is CCc1ccccc1CNC(=NC)NC1CCN(CCCOC)CC1. The lowest BCUT2D eigenvalue weighted by Crippen LogP contribution is -2.48. The van der Waals surface area contributed by atoms with E-state index >= 15 is 0 Å². The van der Waals surface area contributed by atoms with Gasteiger partial charge in [0.15, 0.2) is 5.96 Å². The van der Waals surface area contributed by atoms with Gasteiger partial charge >= 0.3 is 0 Å². The summed E-state index contributed by atoms with van der Waals surface area (Å²) in [6, 6.07) is 9.11. The summed E-state index contributed by atoms with van der Waals surface area (Å²) in [4.78, 5) is 6.93. The Balaban J connectivity index is 1.74. The van der Waals surface area contributed by atoms with Crippen LogP contribution in [0.25, 0.3) is 0 Å². The summed E-state index contributed by atoms with van der Waals surface area (Å²) in [6.45, 7) is 7.31. The monoisotopic (exact) mass is 346 g/mol. The van der Waals surface area contributed by atoms with Crippen molar-refractivity contribution in [3.8, 4) is 0 Å². The van der Waals surface area contributed by atoms with Crippen LogP contribution in [0.3, 0.4) is 0 Å². The highest BCUT2D eigenvalue weighted by Crippen LogP contribution is 2.11. The molecule has 0 radical (unpaired) electrons. The van der Waals surface area contributed by atoms with Gasteiger partial charge in [0.2, 0.25) is 0 Å². The van der Waals surface area contributed by atoms with Crippen molar-refractivity contribution in [2.75, 3.05) is 40.4 Å². The summed E-state index contributed by atoms with van der Waals surface area (Å²) >= 11 is 0. The van der Waals surface area contributed by atoms with Crippen LogP contribution in [0.5, 0.6) is 0 Å². The lowest BCUT2D eigenvalue weighted by atomic mass is 10.0. The van der Waals surface area contributed by atoms with Crippen molar-refractivity contribution in [3.63, 3.8) is 0 Å². The largest absolute Gasteiger partial charge is 0.385 e. The molecule has 0 atom stereocenters. The van der Waals surface area contributed by atoms with Gasteiger partial charge in [-0.25, -0.2) is 0 Å². The number of ether oxygens (including phenoxy) is 1. The number of likely N-dealkylation sites (tertiary alicyclic amines) is 1. The summed E-state index contributed by atoms with van der Waals surface area (Å²) in [5, 5.41) is 7.06. The summed E-state index contributed by atoms with van der Waals surface area (Å²) < 4.78 is 5.14. The summed E-state index contributed by atoms with van der Waals surface area (Å²) in [7, 11) is 3.62. The minimum absolute atomic E-state index is 0.506. The van der Waals surface area contributed by atoms with Crippen LogP contribution < -0.4 is 10.6 Å². The van der Waals surface area contributed by atoms with E-state index in [0.29, 0.717) is 6.04 Å². The molecule has 0 spiro atoms. The molecule has 2 N–H and O–H groups in total. The van der Waals surface area contributed by atoms with E-state index in [4.69, 9.17) is 4.74 Å². The molecule has 5 nitrogen and oxygen atoms in total. The molecular weight excluding hydrogens is 312 g/mol. The molecule has 0 saturated carbocycles. The van der Waals surface area contributed by atoms with E-state index in [1.807, 2.05) is 7.05 Å². The molecule has 1 heterocycles. The lowest BCUT2D eigenvalue weighted by molar-refractivity contribution is 0.155. The molecule has 1 fully saturated rings. The third kappa shape index (κ3) is 6.67. The van der Waals surface area contributed by atoms with Crippen LogP contribution in [0, 0.1) is 0 Å². The maximum atomic E-state index is 5.14. The average molecular weight is 347 g/mol. The zero-order valence-electron chi connectivity index (χ0n) is 16.1. The number of rotatable bonds is 8. The van der Waals surface area contributed by atoms with E-state index in [0.717, 1.165) is 51.6 Å². The molecule has 1 aliphatic heterocycles. The van der Waals surface area contributed by atoms with Crippen molar-refractivity contribution < 1.29 is 4.74 Å². The number of hydrogen-bond acceptors (Lipinski definition) is 3. The van der Waals surface area contributed by atoms with E-state index < -0.39 is 0 Å². The number of methoxy groups -OCH3 is 1. The van der Waals surface area contributed by atoms with Gasteiger partial charge in [-0.3, -0.25) is 4.99 Å². The molecule has 0 aliphatic carbocycles. The van der Waals surface area contributed by atoms with E-state index in [2.05, 4.69) is 51.7 Å². The molecule has 140 valence electrons. The van der Waals surface area contributed by atoms with Gasteiger partial charge in [-0.1, -0.05) is 31.2 Å². The molecule has 25 heavy (non-hydrogen) atoms. The number of aryl methyl sites for hydroxylation is 1. The van der Waals surface area contributed by atoms with Gasteiger partial charge in [-0.15, -0.1) is 0 Å². The molecule has 1 aliphatic rings. The maximum Gasteiger partial charge on any atom is 0.191 e. The molecule has 1 aromatic carbocycles. The quantitative estimate of drug-likeness (QED) is 0.431. The second-order valence-corrected chi connectivity index (χ2v) is 6.65. The highest BCUT2D eigenvalue weighted by Gasteiger charge is 2.19. The molecular formula is C20H34N4O. The second-order valence-electron chi connectivity index (χ2n) is 6.65. The van der Waals surface area contributed by atoms with Gasteiger partial charge in [-0.05, 0) is 36.8 Å². The zero-order valence-corrected chi connectivity index (χ0v) is 16.1. The van der Waals surface area contributed by atoms with Crippen molar-refractivity contribution in [3.05, 3.63) is 35.4 Å². The first-order valence-corrected chi connectivity index (χ1v) is 9.52. The van der Waals surface area contributed by atoms with E-state index in [9.17, 15) is 0 Å². The number of nitrogens with one attached hydrogen (secondary N) is 2. The van der Waals surface area contributed by atoms with Gasteiger partial charge in [0.05, 0.1) is 0 Å². The Morgan fingerprint density at radius 1 is 1.24 bits per heavy atom. The Bertz CT molecular complexity index is 524. The Morgan fingerprint density at radius 2 is 1.96 bits per heavy atom. The number of guanidine groups is 1. The smallest absolute Gasteiger partial charge is 0.191 e. The predicted octanol–water partition coefficient (Wildman–Crippen LogP) is 2.41. The lowest BCUT2D eigenvalue weighted by Gasteiger charge is -2.33. The topological polar surface area (TPSA) is 48.9 Å². The maximum absolute atomic E-state index is 5.14. The van der Waals surface area contributed by atoms with Crippen LogP contribution in [0.1, 0.15) is 37.3 Å². The molecule has 5 heteroatoms. The second kappa shape index (κ2) is 11.1. The van der Waals surface area contributed by atoms with Crippen LogP contribution in [-0.2, 0) is 17.7 Å². The molecule has 0 bridgehead atoms. The third-order valence-corrected chi connectivity index (χ3v) is 4.92. The van der Waals surface area contributed by atoms with E-state index in [-0.39, 0.29) is 0 Å². The van der Waals surface area contributed by atoms with Gasteiger partial charge in [-0.2, -0.15) is 0 Å². The Morgan fingerprint density at radius 3 is 2.60 bits per heavy atom. The highest BCUT2D eigenvalue weighted by atomic mass is 16.5. The number of hydrogen-bond donors (Lipinski definition) is 2. The van der Waals surface area contributed by atoms with Crippen molar-refractivity contribution in [2.24, 2.45) is 4.99 Å². The fourth-order valence-corrected chi connectivity index (χ4v) is 3.38. The van der Waals surface area contributed by atoms with Gasteiger partial charge < -0.3 is 20.3 Å². The minimum atomic E-state index is 0.506. The fraction of sp³-hybridized carbons (Fsp3) is 0.650. The van der Waals surface area contributed by atoms with Crippen molar-refractivity contribution in [2.45, 2.75) is 45.2 Å². The van der Waals surface area contributed by atoms with Crippen molar-refractivity contribution in [1.29, 1.82) is 0 Å². The van der Waals surface area contributed by atoms with Gasteiger partial charge in [0.1, 0.15) is 0 Å². The van der Waals surface area contributed by atoms with Crippen LogP contribution in [-0.4, -0.2) is 57.3 Å². The zero-order chi connectivity index (χ0) is 17.9. The summed E-state index contributed by atoms with van der Waals surface area (Å²) in [5.41, 5.74) is 2.75. The first kappa shape index (κ1) is 19.7. The van der Waals surface area contributed by atoms with Crippen molar-refractivity contribution >= 4 is 5.96 Å². The van der Waals surface area contributed by atoms with Crippen LogP contribution in [0.15, 0.2) is 29.3 Å². The number of aliphatic imine (C=N–C) groups is 1. The van der Waals surface area contributed by atoms with Crippen LogP contribution in [0.4, 0.5) is 0 Å². The molecule has 2 rings (SSSR count). The normalized spacial score (nSPS) is 16.8.